The second kappa shape index (κ2) is 6.17. The van der Waals surface area contributed by atoms with Gasteiger partial charge in [-0.25, -0.2) is 4.79 Å². The molecule has 0 unspecified atom stereocenters. The summed E-state index contributed by atoms with van der Waals surface area (Å²) < 4.78 is 0. The zero-order chi connectivity index (χ0) is 13.6. The third kappa shape index (κ3) is 2.67. The smallest absolute Gasteiger partial charge is 0.120 e. The molecule has 0 spiro atoms. The molecule has 0 aliphatic heterocycles. The number of hydrogen-bond acceptors (Lipinski definition) is 1. The van der Waals surface area contributed by atoms with Gasteiger partial charge in [0.25, 0.3) is 0 Å². The topological polar surface area (TPSA) is 17.1 Å². The fourth-order valence-electron chi connectivity index (χ4n) is 2.69. The molecule has 0 fully saturated rings. The first-order chi connectivity index (χ1) is 9.33. The standard InChI is InChI=1S/C18H18O/c1-2-18(14-9-15-19,16-10-5-3-6-11-16)17-12-7-4-8-13-17/h3-13H,2,14H2,1H3. The molecule has 2 aromatic carbocycles. The number of allylic oxidation sites excluding steroid dienone is 1. The Morgan fingerprint density at radius 2 is 1.42 bits per heavy atom. The van der Waals surface area contributed by atoms with Crippen molar-refractivity contribution in [3.63, 3.8) is 0 Å². The van der Waals surface area contributed by atoms with Gasteiger partial charge in [-0.05, 0) is 24.0 Å². The molecule has 0 bridgehead atoms. The van der Waals surface area contributed by atoms with E-state index in [1.165, 1.54) is 11.1 Å². The van der Waals surface area contributed by atoms with Gasteiger partial charge in [0.15, 0.2) is 0 Å². The lowest BCUT2D eigenvalue weighted by Crippen LogP contribution is -2.26. The Kier molecular flexibility index (Phi) is 4.33. The van der Waals surface area contributed by atoms with Crippen molar-refractivity contribution in [2.45, 2.75) is 25.2 Å². The molecule has 19 heavy (non-hydrogen) atoms. The van der Waals surface area contributed by atoms with Crippen LogP contribution >= 0.6 is 0 Å². The molecular formula is C18H18O. The summed E-state index contributed by atoms with van der Waals surface area (Å²) in [4.78, 5) is 10.6. The predicted molar refractivity (Wildman–Crippen MR) is 78.8 cm³/mol. The first-order valence-corrected chi connectivity index (χ1v) is 6.64. The Morgan fingerprint density at radius 3 is 1.79 bits per heavy atom. The highest BCUT2D eigenvalue weighted by Gasteiger charge is 2.31. The van der Waals surface area contributed by atoms with Crippen LogP contribution in [0.4, 0.5) is 0 Å². The summed E-state index contributed by atoms with van der Waals surface area (Å²) in [6, 6.07) is 20.8. The van der Waals surface area contributed by atoms with Gasteiger partial charge in [0.2, 0.25) is 0 Å². The molecular weight excluding hydrogens is 232 g/mol. The Balaban J connectivity index is 2.58. The van der Waals surface area contributed by atoms with Crippen molar-refractivity contribution in [3.05, 3.63) is 77.9 Å². The van der Waals surface area contributed by atoms with Crippen LogP contribution in [-0.2, 0) is 10.2 Å². The van der Waals surface area contributed by atoms with Crippen molar-refractivity contribution < 1.29 is 4.79 Å². The van der Waals surface area contributed by atoms with Crippen molar-refractivity contribution >= 4 is 5.94 Å². The van der Waals surface area contributed by atoms with Gasteiger partial charge in [-0.15, -0.1) is 0 Å². The molecule has 0 aliphatic rings. The minimum absolute atomic E-state index is 0.139. The van der Waals surface area contributed by atoms with Crippen LogP contribution in [0.2, 0.25) is 0 Å². The first-order valence-electron chi connectivity index (χ1n) is 6.64. The summed E-state index contributed by atoms with van der Waals surface area (Å²) in [5, 5.41) is 0. The van der Waals surface area contributed by atoms with Crippen LogP contribution < -0.4 is 0 Å². The van der Waals surface area contributed by atoms with Gasteiger partial charge in [0.1, 0.15) is 5.94 Å². The third-order valence-corrected chi connectivity index (χ3v) is 3.79. The molecule has 0 N–H and O–H groups in total. The van der Waals surface area contributed by atoms with E-state index in [2.05, 4.69) is 31.2 Å². The summed E-state index contributed by atoms with van der Waals surface area (Å²) in [6.45, 7) is 2.17. The molecule has 1 heteroatoms. The van der Waals surface area contributed by atoms with Crippen LogP contribution in [0.25, 0.3) is 0 Å². The molecule has 0 saturated heterocycles. The maximum Gasteiger partial charge on any atom is 0.120 e. The van der Waals surface area contributed by atoms with Gasteiger partial charge in [0, 0.05) is 11.5 Å². The average Bonchev–Trinajstić information content (AvgIpc) is 2.51. The second-order valence-electron chi connectivity index (χ2n) is 4.69. The Labute approximate surface area is 114 Å². The number of hydrogen-bond donors (Lipinski definition) is 0. The Morgan fingerprint density at radius 1 is 0.947 bits per heavy atom. The largest absolute Gasteiger partial charge is 0.234 e. The predicted octanol–water partition coefficient (Wildman–Crippen LogP) is 4.16. The quantitative estimate of drug-likeness (QED) is 0.728. The van der Waals surface area contributed by atoms with E-state index >= 15 is 0 Å². The monoisotopic (exact) mass is 250 g/mol. The summed E-state index contributed by atoms with van der Waals surface area (Å²) in [7, 11) is 0. The van der Waals surface area contributed by atoms with Crippen LogP contribution in [0.5, 0.6) is 0 Å². The Hall–Kier alpha value is -2.11. The molecule has 96 valence electrons. The average molecular weight is 250 g/mol. The van der Waals surface area contributed by atoms with Crippen LogP contribution in [0, 0.1) is 0 Å². The minimum Gasteiger partial charge on any atom is -0.234 e. The van der Waals surface area contributed by atoms with E-state index in [1.54, 1.807) is 6.08 Å². The van der Waals surface area contributed by atoms with E-state index in [1.807, 2.05) is 42.3 Å². The normalized spacial score (nSPS) is 10.8. The maximum absolute atomic E-state index is 10.6. The zero-order valence-corrected chi connectivity index (χ0v) is 11.2. The summed E-state index contributed by atoms with van der Waals surface area (Å²) in [5.74, 6) is 1.92. The highest BCUT2D eigenvalue weighted by molar-refractivity contribution is 5.48. The molecule has 0 heterocycles. The molecule has 0 radical (unpaired) electrons. The first kappa shape index (κ1) is 13.3. The van der Waals surface area contributed by atoms with Gasteiger partial charge in [0.05, 0.1) is 0 Å². The highest BCUT2D eigenvalue weighted by Crippen LogP contribution is 2.38. The van der Waals surface area contributed by atoms with E-state index in [4.69, 9.17) is 0 Å². The van der Waals surface area contributed by atoms with Crippen molar-refractivity contribution in [1.29, 1.82) is 0 Å². The van der Waals surface area contributed by atoms with Gasteiger partial charge >= 0.3 is 0 Å². The van der Waals surface area contributed by atoms with Crippen LogP contribution in [-0.4, -0.2) is 5.94 Å². The van der Waals surface area contributed by atoms with Crippen molar-refractivity contribution in [2.75, 3.05) is 0 Å². The van der Waals surface area contributed by atoms with Crippen LogP contribution in [0.1, 0.15) is 30.9 Å². The Bertz CT molecular complexity index is 511. The molecule has 2 aromatic rings. The summed E-state index contributed by atoms with van der Waals surface area (Å²) in [5.41, 5.74) is 2.35. The second-order valence-corrected chi connectivity index (χ2v) is 4.69. The van der Waals surface area contributed by atoms with Crippen LogP contribution in [0.15, 0.2) is 66.7 Å². The summed E-state index contributed by atoms with van der Waals surface area (Å²) in [6.07, 6.45) is 3.23. The molecule has 2 rings (SSSR count). The lowest BCUT2D eigenvalue weighted by molar-refractivity contribution is 0.500. The molecule has 0 atom stereocenters. The fourth-order valence-corrected chi connectivity index (χ4v) is 2.69. The van der Waals surface area contributed by atoms with E-state index in [9.17, 15) is 4.79 Å². The number of carbonyl (C=O) groups excluding carboxylic acids is 1. The molecule has 0 aliphatic carbocycles. The fraction of sp³-hybridized carbons (Fsp3) is 0.222. The zero-order valence-electron chi connectivity index (χ0n) is 11.2. The molecule has 0 amide bonds. The number of benzene rings is 2. The molecule has 1 nitrogen and oxygen atoms in total. The van der Waals surface area contributed by atoms with E-state index in [0.29, 0.717) is 6.42 Å². The van der Waals surface area contributed by atoms with Crippen molar-refractivity contribution in [1.82, 2.24) is 0 Å². The summed E-state index contributed by atoms with van der Waals surface area (Å²) >= 11 is 0. The maximum atomic E-state index is 10.6. The highest BCUT2D eigenvalue weighted by atomic mass is 16.1. The minimum atomic E-state index is -0.139. The van der Waals surface area contributed by atoms with Crippen molar-refractivity contribution in [2.24, 2.45) is 0 Å². The van der Waals surface area contributed by atoms with Gasteiger partial charge in [-0.2, -0.15) is 0 Å². The SMILES string of the molecule is CCC(CC=C=O)(c1ccccc1)c1ccccc1. The van der Waals surface area contributed by atoms with E-state index in [0.717, 1.165) is 6.42 Å². The van der Waals surface area contributed by atoms with E-state index in [-0.39, 0.29) is 5.41 Å². The van der Waals surface area contributed by atoms with Crippen molar-refractivity contribution in [3.8, 4) is 0 Å². The third-order valence-electron chi connectivity index (χ3n) is 3.79. The van der Waals surface area contributed by atoms with Gasteiger partial charge in [-0.3, -0.25) is 0 Å². The lowest BCUT2D eigenvalue weighted by atomic mass is 9.70. The number of rotatable bonds is 5. The molecule has 0 saturated carbocycles. The van der Waals surface area contributed by atoms with Gasteiger partial charge in [-0.1, -0.05) is 67.6 Å². The van der Waals surface area contributed by atoms with Gasteiger partial charge < -0.3 is 0 Å². The molecule has 0 aromatic heterocycles. The van der Waals surface area contributed by atoms with E-state index < -0.39 is 0 Å². The lowest BCUT2D eigenvalue weighted by Gasteiger charge is -2.33. The van der Waals surface area contributed by atoms with Crippen LogP contribution in [0.3, 0.4) is 0 Å².